The van der Waals surface area contributed by atoms with Gasteiger partial charge < -0.3 is 11.1 Å². The highest BCUT2D eigenvalue weighted by Gasteiger charge is 2.14. The van der Waals surface area contributed by atoms with Gasteiger partial charge in [-0.1, -0.05) is 6.07 Å². The van der Waals surface area contributed by atoms with Gasteiger partial charge in [-0.05, 0) is 24.3 Å². The quantitative estimate of drug-likeness (QED) is 0.858. The van der Waals surface area contributed by atoms with Crippen molar-refractivity contribution in [3.63, 3.8) is 0 Å². The number of nitriles is 1. The summed E-state index contributed by atoms with van der Waals surface area (Å²) in [6.45, 7) is 0. The van der Waals surface area contributed by atoms with Crippen LogP contribution in [0.1, 0.15) is 15.9 Å². The smallest absolute Gasteiger partial charge is 0.259 e. The second kappa shape index (κ2) is 5.14. The molecule has 0 aliphatic rings. The van der Waals surface area contributed by atoms with Crippen LogP contribution in [0, 0.1) is 17.1 Å². The zero-order valence-electron chi connectivity index (χ0n) is 9.72. The number of nitrogens with zero attached hydrogens (tertiary/aromatic N) is 2. The van der Waals surface area contributed by atoms with Crippen LogP contribution in [-0.4, -0.2) is 10.9 Å². The van der Waals surface area contributed by atoms with E-state index in [0.29, 0.717) is 0 Å². The summed E-state index contributed by atoms with van der Waals surface area (Å²) in [5.41, 5.74) is 5.60. The molecule has 0 radical (unpaired) electrons. The number of hydrogen-bond donors (Lipinski definition) is 2. The fraction of sp³-hybridized carbons (Fsp3) is 0. The third-order valence-corrected chi connectivity index (χ3v) is 2.46. The molecule has 0 aliphatic heterocycles. The average Bonchev–Trinajstić information content (AvgIpc) is 2.39. The Morgan fingerprint density at radius 2 is 2.16 bits per heavy atom. The van der Waals surface area contributed by atoms with Crippen molar-refractivity contribution in [1.29, 1.82) is 5.26 Å². The van der Waals surface area contributed by atoms with Gasteiger partial charge in [-0.15, -0.1) is 0 Å². The topological polar surface area (TPSA) is 91.8 Å². The van der Waals surface area contributed by atoms with Crippen molar-refractivity contribution in [2.24, 2.45) is 0 Å². The predicted molar refractivity (Wildman–Crippen MR) is 67.7 cm³/mol. The van der Waals surface area contributed by atoms with E-state index in [1.165, 1.54) is 24.4 Å². The third-order valence-electron chi connectivity index (χ3n) is 2.46. The van der Waals surface area contributed by atoms with Crippen LogP contribution in [-0.2, 0) is 0 Å². The number of aromatic nitrogens is 1. The van der Waals surface area contributed by atoms with E-state index in [-0.39, 0.29) is 22.6 Å². The molecule has 0 unspecified atom stereocenters. The lowest BCUT2D eigenvalue weighted by molar-refractivity contribution is 0.102. The highest BCUT2D eigenvalue weighted by Crippen LogP contribution is 2.19. The molecule has 94 valence electrons. The highest BCUT2D eigenvalue weighted by atomic mass is 19.1. The molecule has 1 amide bonds. The molecular weight excluding hydrogens is 247 g/mol. The van der Waals surface area contributed by atoms with E-state index in [1.54, 1.807) is 12.1 Å². The van der Waals surface area contributed by atoms with Gasteiger partial charge in [0.05, 0.1) is 11.3 Å². The summed E-state index contributed by atoms with van der Waals surface area (Å²) in [5.74, 6) is -1.18. The van der Waals surface area contributed by atoms with Crippen molar-refractivity contribution in [2.45, 2.75) is 0 Å². The van der Waals surface area contributed by atoms with Gasteiger partial charge in [0.15, 0.2) is 0 Å². The number of amides is 1. The van der Waals surface area contributed by atoms with Gasteiger partial charge in [0.2, 0.25) is 0 Å². The molecule has 19 heavy (non-hydrogen) atoms. The number of nitrogens with one attached hydrogen (secondary N) is 1. The molecule has 0 atom stereocenters. The molecule has 5 nitrogen and oxygen atoms in total. The normalized spacial score (nSPS) is 9.68. The summed E-state index contributed by atoms with van der Waals surface area (Å²) in [4.78, 5) is 15.7. The Hall–Kier alpha value is -2.94. The summed E-state index contributed by atoms with van der Waals surface area (Å²) in [6.07, 6.45) is 1.45. The summed E-state index contributed by atoms with van der Waals surface area (Å²) >= 11 is 0. The maximum Gasteiger partial charge on any atom is 0.259 e. The molecule has 1 heterocycles. The Labute approximate surface area is 108 Å². The number of carbonyl (C=O) groups excluding carboxylic acids is 1. The first kappa shape index (κ1) is 12.5. The van der Waals surface area contributed by atoms with E-state index < -0.39 is 11.7 Å². The van der Waals surface area contributed by atoms with Gasteiger partial charge in [-0.3, -0.25) is 4.79 Å². The number of hydrogen-bond acceptors (Lipinski definition) is 4. The Bertz CT molecular complexity index is 679. The lowest BCUT2D eigenvalue weighted by atomic mass is 10.1. The summed E-state index contributed by atoms with van der Waals surface area (Å²) in [7, 11) is 0. The van der Waals surface area contributed by atoms with E-state index in [4.69, 9.17) is 11.0 Å². The van der Waals surface area contributed by atoms with Crippen LogP contribution in [0.5, 0.6) is 0 Å². The van der Waals surface area contributed by atoms with Crippen molar-refractivity contribution in [1.82, 2.24) is 4.98 Å². The molecule has 0 spiro atoms. The Morgan fingerprint density at radius 1 is 1.37 bits per heavy atom. The van der Waals surface area contributed by atoms with E-state index >= 15 is 0 Å². The molecule has 1 aromatic carbocycles. The largest absolute Gasteiger partial charge is 0.383 e. The first-order chi connectivity index (χ1) is 9.13. The van der Waals surface area contributed by atoms with Crippen LogP contribution in [0.2, 0.25) is 0 Å². The van der Waals surface area contributed by atoms with E-state index in [2.05, 4.69) is 10.3 Å². The molecule has 3 N–H and O–H groups in total. The summed E-state index contributed by atoms with van der Waals surface area (Å²) < 4.78 is 13.4. The molecule has 0 saturated heterocycles. The number of anilines is 2. The fourth-order valence-electron chi connectivity index (χ4n) is 1.54. The van der Waals surface area contributed by atoms with E-state index in [9.17, 15) is 9.18 Å². The van der Waals surface area contributed by atoms with Gasteiger partial charge >= 0.3 is 0 Å². The van der Waals surface area contributed by atoms with Crippen LogP contribution in [0.25, 0.3) is 0 Å². The molecule has 2 rings (SSSR count). The van der Waals surface area contributed by atoms with Crippen LogP contribution in [0.3, 0.4) is 0 Å². The minimum Gasteiger partial charge on any atom is -0.383 e. The summed E-state index contributed by atoms with van der Waals surface area (Å²) in [6, 6.07) is 8.73. The van der Waals surface area contributed by atoms with Crippen LogP contribution in [0.4, 0.5) is 15.9 Å². The predicted octanol–water partition coefficient (Wildman–Crippen LogP) is 1.93. The van der Waals surface area contributed by atoms with Crippen LogP contribution < -0.4 is 11.1 Å². The number of halogens is 1. The first-order valence-electron chi connectivity index (χ1n) is 5.34. The lowest BCUT2D eigenvalue weighted by Gasteiger charge is -2.08. The highest BCUT2D eigenvalue weighted by molar-refractivity contribution is 6.07. The fourth-order valence-corrected chi connectivity index (χ4v) is 1.54. The first-order valence-corrected chi connectivity index (χ1v) is 5.34. The number of benzene rings is 1. The lowest BCUT2D eigenvalue weighted by Crippen LogP contribution is -2.15. The molecule has 6 heteroatoms. The Balaban J connectivity index is 2.33. The van der Waals surface area contributed by atoms with Crippen molar-refractivity contribution in [3.8, 4) is 6.07 Å². The number of rotatable bonds is 2. The average molecular weight is 256 g/mol. The minimum atomic E-state index is -0.695. The molecular formula is C13H9FN4O. The maximum atomic E-state index is 13.4. The second-order valence-corrected chi connectivity index (χ2v) is 3.66. The standard InChI is InChI=1S/C13H9FN4O/c14-10-4-1-5-11(9(10)7-15)18-13(19)8-3-2-6-17-12(8)16/h1-6H,(H2,16,17)(H,18,19). The zero-order chi connectivity index (χ0) is 13.8. The van der Waals surface area contributed by atoms with Crippen molar-refractivity contribution in [2.75, 3.05) is 11.1 Å². The number of carbonyl (C=O) groups is 1. The Kier molecular flexibility index (Phi) is 3.39. The number of nitrogen functional groups attached to an aromatic ring is 1. The molecule has 0 aliphatic carbocycles. The molecule has 0 bridgehead atoms. The second-order valence-electron chi connectivity index (χ2n) is 3.66. The molecule has 1 aromatic heterocycles. The monoisotopic (exact) mass is 256 g/mol. The number of pyridine rings is 1. The van der Waals surface area contributed by atoms with Gasteiger partial charge in [-0.25, -0.2) is 9.37 Å². The third kappa shape index (κ3) is 2.50. The van der Waals surface area contributed by atoms with Gasteiger partial charge in [-0.2, -0.15) is 5.26 Å². The van der Waals surface area contributed by atoms with Crippen molar-refractivity contribution < 1.29 is 9.18 Å². The summed E-state index contributed by atoms with van der Waals surface area (Å²) in [5, 5.41) is 11.3. The SMILES string of the molecule is N#Cc1c(F)cccc1NC(=O)c1cccnc1N. The molecule has 0 fully saturated rings. The van der Waals surface area contributed by atoms with Crippen LogP contribution >= 0.6 is 0 Å². The van der Waals surface area contributed by atoms with Crippen molar-refractivity contribution >= 4 is 17.4 Å². The van der Waals surface area contributed by atoms with E-state index in [1.807, 2.05) is 0 Å². The van der Waals surface area contributed by atoms with Gasteiger partial charge in [0.1, 0.15) is 23.3 Å². The minimum absolute atomic E-state index is 0.0647. The number of nitrogens with two attached hydrogens (primary N) is 1. The zero-order valence-corrected chi connectivity index (χ0v) is 9.72. The van der Waals surface area contributed by atoms with Gasteiger partial charge in [0.25, 0.3) is 5.91 Å². The van der Waals surface area contributed by atoms with E-state index in [0.717, 1.165) is 6.07 Å². The van der Waals surface area contributed by atoms with Crippen LogP contribution in [0.15, 0.2) is 36.5 Å². The van der Waals surface area contributed by atoms with Crippen molar-refractivity contribution in [3.05, 3.63) is 53.5 Å². The molecule has 0 saturated carbocycles. The Morgan fingerprint density at radius 3 is 2.84 bits per heavy atom. The maximum absolute atomic E-state index is 13.4. The van der Waals surface area contributed by atoms with Gasteiger partial charge in [0, 0.05) is 6.20 Å². The molecule has 2 aromatic rings.